The van der Waals surface area contributed by atoms with Gasteiger partial charge in [0.15, 0.2) is 0 Å². The number of carbonyl (C=O) groups excluding carboxylic acids is 2. The Morgan fingerprint density at radius 1 is 0.946 bits per heavy atom. The number of nitrogens with zero attached hydrogens (tertiary/aromatic N) is 5. The van der Waals surface area contributed by atoms with Crippen LogP contribution in [0.5, 0.6) is 5.75 Å². The van der Waals surface area contributed by atoms with Gasteiger partial charge >= 0.3 is 6.09 Å². The summed E-state index contributed by atoms with van der Waals surface area (Å²) in [7, 11) is 1.78. The molecule has 3 unspecified atom stereocenters. The second-order valence-corrected chi connectivity index (χ2v) is 17.2. The molecule has 0 bridgehead atoms. The number of aryl methyl sites for hydroxylation is 1. The molecule has 7 heterocycles. The van der Waals surface area contributed by atoms with Gasteiger partial charge < -0.3 is 29.7 Å². The maximum absolute atomic E-state index is 16.6. The number of aromatic nitrogens is 5. The molecule has 2 amide bonds. The first-order valence-electron chi connectivity index (χ1n) is 19.2. The Bertz CT molecular complexity index is 2470. The third-order valence-corrected chi connectivity index (χ3v) is 11.9. The summed E-state index contributed by atoms with van der Waals surface area (Å²) in [6.45, 7) is 9.22. The SMILES string of the molecule is CNCC(=O)N1CCCC1c1ncc(-c2ccc3c(c2)cc2n3C(c3ccc(C)s3)Oc3cc(-c4cnc(C5CCCN5C(=O)OC(C)(C)C)[nH]4)cc(F)c3-2)[nH]1. The molecule has 14 heteroatoms. The van der Waals surface area contributed by atoms with Crippen LogP contribution < -0.4 is 10.1 Å². The molecule has 2 fully saturated rings. The van der Waals surface area contributed by atoms with Crippen LogP contribution in [0, 0.1) is 12.7 Å². The number of likely N-dealkylation sites (tertiary alicyclic amines) is 2. The number of rotatable bonds is 7. The molecular formula is C42H45FN8O4S. The molecule has 0 saturated carbocycles. The number of H-pyrrole nitrogens is 2. The van der Waals surface area contributed by atoms with Gasteiger partial charge in [-0.2, -0.15) is 0 Å². The Balaban J connectivity index is 1.06. The zero-order chi connectivity index (χ0) is 38.9. The zero-order valence-corrected chi connectivity index (χ0v) is 32.9. The monoisotopic (exact) mass is 776 g/mol. The van der Waals surface area contributed by atoms with Gasteiger partial charge in [-0.15, -0.1) is 11.3 Å². The minimum absolute atomic E-state index is 0.0659. The van der Waals surface area contributed by atoms with E-state index in [9.17, 15) is 9.59 Å². The summed E-state index contributed by atoms with van der Waals surface area (Å²) >= 11 is 1.65. The van der Waals surface area contributed by atoms with Crippen molar-refractivity contribution in [3.05, 3.63) is 88.1 Å². The average molecular weight is 777 g/mol. The number of nitrogens with one attached hydrogen (secondary N) is 3. The van der Waals surface area contributed by atoms with Crippen LogP contribution in [0.3, 0.4) is 0 Å². The maximum atomic E-state index is 16.6. The molecule has 2 saturated heterocycles. The van der Waals surface area contributed by atoms with Gasteiger partial charge in [-0.1, -0.05) is 6.07 Å². The number of amides is 2. The van der Waals surface area contributed by atoms with Gasteiger partial charge in [0.25, 0.3) is 0 Å². The van der Waals surface area contributed by atoms with E-state index >= 15 is 4.39 Å². The molecule has 4 aromatic heterocycles. The maximum Gasteiger partial charge on any atom is 0.410 e. The molecule has 3 atom stereocenters. The number of likely N-dealkylation sites (N-methyl/N-ethyl adjacent to an activating group) is 1. The summed E-state index contributed by atoms with van der Waals surface area (Å²) in [6.07, 6.45) is 6.01. The van der Waals surface area contributed by atoms with Gasteiger partial charge in [0.1, 0.15) is 28.8 Å². The molecule has 0 radical (unpaired) electrons. The first-order valence-corrected chi connectivity index (χ1v) is 20.0. The number of halogens is 1. The van der Waals surface area contributed by atoms with Crippen molar-refractivity contribution >= 4 is 34.2 Å². The largest absolute Gasteiger partial charge is 0.464 e. The topological polar surface area (TPSA) is 133 Å². The molecule has 9 rings (SSSR count). The number of benzene rings is 2. The molecule has 3 aliphatic heterocycles. The average Bonchev–Trinajstić information content (AvgIpc) is 4.01. The van der Waals surface area contributed by atoms with Crippen LogP contribution in [0.15, 0.2) is 60.9 Å². The van der Waals surface area contributed by atoms with Crippen LogP contribution in [0.2, 0.25) is 0 Å². The molecule has 6 aromatic rings. The van der Waals surface area contributed by atoms with Crippen LogP contribution in [-0.4, -0.2) is 78.6 Å². The van der Waals surface area contributed by atoms with E-state index in [-0.39, 0.29) is 24.1 Å². The summed E-state index contributed by atoms with van der Waals surface area (Å²) in [6, 6.07) is 15.4. The van der Waals surface area contributed by atoms with Crippen molar-refractivity contribution < 1.29 is 23.5 Å². The third-order valence-electron chi connectivity index (χ3n) is 10.9. The lowest BCUT2D eigenvalue weighted by atomic mass is 10.0. The number of imidazole rings is 2. The number of hydrogen-bond acceptors (Lipinski definition) is 8. The first-order chi connectivity index (χ1) is 27.0. The number of thiophene rings is 1. The summed E-state index contributed by atoms with van der Waals surface area (Å²) in [4.78, 5) is 47.8. The Morgan fingerprint density at radius 3 is 2.32 bits per heavy atom. The Labute approximate surface area is 328 Å². The van der Waals surface area contributed by atoms with Gasteiger partial charge in [0.05, 0.1) is 64.1 Å². The molecule has 2 aromatic carbocycles. The second kappa shape index (κ2) is 13.9. The Hall–Kier alpha value is -5.47. The minimum Gasteiger partial charge on any atom is -0.464 e. The normalized spacial score (nSPS) is 19.4. The van der Waals surface area contributed by atoms with Gasteiger partial charge in [0, 0.05) is 34.5 Å². The highest BCUT2D eigenvalue weighted by molar-refractivity contribution is 7.12. The Morgan fingerprint density at radius 2 is 1.64 bits per heavy atom. The fraction of sp³-hybridized carbons (Fsp3) is 0.381. The third kappa shape index (κ3) is 6.43. The molecule has 3 aliphatic rings. The summed E-state index contributed by atoms with van der Waals surface area (Å²) in [5, 5.41) is 3.90. The van der Waals surface area contributed by atoms with Crippen molar-refractivity contribution in [2.45, 2.75) is 77.3 Å². The lowest BCUT2D eigenvalue weighted by molar-refractivity contribution is -0.131. The van der Waals surface area contributed by atoms with Crippen LogP contribution in [0.1, 0.15) is 86.2 Å². The number of ether oxygens (including phenoxy) is 2. The molecule has 12 nitrogen and oxygen atoms in total. The minimum atomic E-state index is -0.607. The molecular weight excluding hydrogens is 732 g/mol. The van der Waals surface area contributed by atoms with Crippen molar-refractivity contribution in [3.63, 3.8) is 0 Å². The number of hydrogen-bond donors (Lipinski definition) is 3. The summed E-state index contributed by atoms with van der Waals surface area (Å²) < 4.78 is 31.1. The van der Waals surface area contributed by atoms with E-state index in [2.05, 4.69) is 56.0 Å². The quantitative estimate of drug-likeness (QED) is 0.148. The lowest BCUT2D eigenvalue weighted by Gasteiger charge is -2.30. The van der Waals surface area contributed by atoms with E-state index in [4.69, 9.17) is 14.5 Å². The van der Waals surface area contributed by atoms with Crippen molar-refractivity contribution in [2.75, 3.05) is 26.7 Å². The lowest BCUT2D eigenvalue weighted by Crippen LogP contribution is -2.37. The van der Waals surface area contributed by atoms with E-state index < -0.39 is 17.6 Å². The second-order valence-electron chi connectivity index (χ2n) is 15.9. The number of aromatic amines is 2. The summed E-state index contributed by atoms with van der Waals surface area (Å²) in [5.74, 6) is 1.50. The van der Waals surface area contributed by atoms with Gasteiger partial charge in [-0.25, -0.2) is 19.2 Å². The molecule has 290 valence electrons. The predicted molar refractivity (Wildman–Crippen MR) is 213 cm³/mol. The Kier molecular flexibility index (Phi) is 9.00. The van der Waals surface area contributed by atoms with Crippen LogP contribution in [-0.2, 0) is 9.53 Å². The molecule has 56 heavy (non-hydrogen) atoms. The van der Waals surface area contributed by atoms with Crippen LogP contribution >= 0.6 is 11.3 Å². The molecule has 0 spiro atoms. The first kappa shape index (κ1) is 36.2. The van der Waals surface area contributed by atoms with Crippen LogP contribution in [0.4, 0.5) is 9.18 Å². The van der Waals surface area contributed by atoms with E-state index in [0.29, 0.717) is 48.0 Å². The van der Waals surface area contributed by atoms with Crippen LogP contribution in [0.25, 0.3) is 44.7 Å². The number of fused-ring (bicyclic) bond motifs is 5. The summed E-state index contributed by atoms with van der Waals surface area (Å²) in [5.41, 5.74) is 4.43. The zero-order valence-electron chi connectivity index (χ0n) is 32.1. The number of carbonyl (C=O) groups is 2. The van der Waals surface area contributed by atoms with Crippen molar-refractivity contribution in [1.29, 1.82) is 0 Å². The van der Waals surface area contributed by atoms with Crippen molar-refractivity contribution in [1.82, 2.24) is 39.6 Å². The van der Waals surface area contributed by atoms with Crippen molar-refractivity contribution in [3.8, 4) is 39.5 Å². The predicted octanol–water partition coefficient (Wildman–Crippen LogP) is 8.49. The highest BCUT2D eigenvalue weighted by atomic mass is 32.1. The van der Waals surface area contributed by atoms with Crippen molar-refractivity contribution in [2.24, 2.45) is 0 Å². The van der Waals surface area contributed by atoms with Gasteiger partial charge in [0.2, 0.25) is 12.1 Å². The van der Waals surface area contributed by atoms with E-state index in [1.165, 1.54) is 6.07 Å². The van der Waals surface area contributed by atoms with E-state index in [1.807, 2.05) is 50.1 Å². The fourth-order valence-electron chi connectivity index (χ4n) is 8.37. The fourth-order valence-corrected chi connectivity index (χ4v) is 9.27. The molecule has 0 aliphatic carbocycles. The van der Waals surface area contributed by atoms with E-state index in [1.54, 1.807) is 29.5 Å². The van der Waals surface area contributed by atoms with E-state index in [0.717, 1.165) is 69.1 Å². The van der Waals surface area contributed by atoms with Gasteiger partial charge in [-0.3, -0.25) is 14.3 Å². The smallest absolute Gasteiger partial charge is 0.410 e. The highest BCUT2D eigenvalue weighted by Gasteiger charge is 2.37. The standard InChI is InChI=1S/C42H45FN8O4S/c1-23-10-13-35(56-23)40-51-30-12-11-24(28-20-45-38(47-28)31-8-6-14-49(31)36(52)22-44-5)16-26(30)18-33(51)37-27(43)17-25(19-34(37)54-40)29-21-46-39(48-29)32-9-7-15-50(32)41(53)55-42(2,3)4/h10-13,16-21,31-32,40,44H,6-9,14-15,22H2,1-5H3,(H,45,47)(H,46,48). The highest BCUT2D eigenvalue weighted by Crippen LogP contribution is 2.48. The molecule has 3 N–H and O–H groups in total. The van der Waals surface area contributed by atoms with Gasteiger partial charge in [-0.05, 0) is 103 Å².